The average molecular weight is 291 g/mol. The fraction of sp³-hybridized carbons (Fsp3) is 0.500. The van der Waals surface area contributed by atoms with Crippen LogP contribution in [-0.4, -0.2) is 34.0 Å². The molecule has 0 atom stereocenters. The number of hydrogen-bond acceptors (Lipinski definition) is 5. The van der Waals surface area contributed by atoms with Gasteiger partial charge in [-0.05, 0) is 30.7 Å². The van der Waals surface area contributed by atoms with E-state index in [1.807, 2.05) is 28.8 Å². The molecule has 0 saturated heterocycles. The summed E-state index contributed by atoms with van der Waals surface area (Å²) >= 11 is 1.60. The van der Waals surface area contributed by atoms with E-state index in [2.05, 4.69) is 10.1 Å². The van der Waals surface area contributed by atoms with Crippen molar-refractivity contribution < 1.29 is 9.32 Å². The molecule has 0 bridgehead atoms. The maximum absolute atomic E-state index is 12.0. The summed E-state index contributed by atoms with van der Waals surface area (Å²) in [7, 11) is 1.89. The van der Waals surface area contributed by atoms with E-state index in [9.17, 15) is 4.79 Å². The molecule has 1 aliphatic carbocycles. The fourth-order valence-corrected chi connectivity index (χ4v) is 2.87. The van der Waals surface area contributed by atoms with E-state index >= 15 is 0 Å². The lowest BCUT2D eigenvalue weighted by Gasteiger charge is -2.34. The summed E-state index contributed by atoms with van der Waals surface area (Å²) in [6, 6.07) is 2.39. The third-order valence-corrected chi connectivity index (χ3v) is 4.50. The summed E-state index contributed by atoms with van der Waals surface area (Å²) in [5.41, 5.74) is 0.961. The molecule has 2 aromatic heterocycles. The molecule has 2 aromatic rings. The SMILES string of the molecule is CN(C(=O)CCc1nc(-c2ccsc2)no1)C1CCC1. The lowest BCUT2D eigenvalue weighted by Crippen LogP contribution is -2.41. The Hall–Kier alpha value is -1.69. The summed E-state index contributed by atoms with van der Waals surface area (Å²) < 4.78 is 5.19. The van der Waals surface area contributed by atoms with Gasteiger partial charge in [-0.3, -0.25) is 4.79 Å². The standard InChI is InChI=1S/C14H17N3O2S/c1-17(11-3-2-4-11)13(18)6-5-12-15-14(16-19-12)10-7-8-20-9-10/h7-9,11H,2-6H2,1H3. The van der Waals surface area contributed by atoms with Gasteiger partial charge in [-0.1, -0.05) is 5.16 Å². The molecule has 1 amide bonds. The topological polar surface area (TPSA) is 59.2 Å². The third kappa shape index (κ3) is 2.75. The van der Waals surface area contributed by atoms with Gasteiger partial charge in [-0.15, -0.1) is 0 Å². The van der Waals surface area contributed by atoms with E-state index in [1.54, 1.807) is 11.3 Å². The first-order valence-electron chi connectivity index (χ1n) is 6.85. The van der Waals surface area contributed by atoms with Crippen molar-refractivity contribution in [3.8, 4) is 11.4 Å². The second kappa shape index (κ2) is 5.75. The molecule has 1 fully saturated rings. The van der Waals surface area contributed by atoms with Gasteiger partial charge in [0.25, 0.3) is 0 Å². The molecule has 20 heavy (non-hydrogen) atoms. The lowest BCUT2D eigenvalue weighted by molar-refractivity contribution is -0.133. The molecule has 3 rings (SSSR count). The van der Waals surface area contributed by atoms with E-state index < -0.39 is 0 Å². The first kappa shape index (κ1) is 13.3. The summed E-state index contributed by atoms with van der Waals surface area (Å²) in [5.74, 6) is 1.28. The molecule has 0 aromatic carbocycles. The third-order valence-electron chi connectivity index (χ3n) is 3.82. The number of carbonyl (C=O) groups is 1. The number of aryl methyl sites for hydroxylation is 1. The minimum absolute atomic E-state index is 0.157. The summed E-state index contributed by atoms with van der Waals surface area (Å²) in [6.07, 6.45) is 4.43. The van der Waals surface area contributed by atoms with Crippen LogP contribution in [0.3, 0.4) is 0 Å². The van der Waals surface area contributed by atoms with Gasteiger partial charge in [0, 0.05) is 36.9 Å². The summed E-state index contributed by atoms with van der Waals surface area (Å²) in [6.45, 7) is 0. The zero-order valence-electron chi connectivity index (χ0n) is 11.4. The quantitative estimate of drug-likeness (QED) is 0.850. The Bertz CT molecular complexity index is 575. The minimum Gasteiger partial charge on any atom is -0.343 e. The molecule has 1 saturated carbocycles. The maximum atomic E-state index is 12.0. The van der Waals surface area contributed by atoms with Crippen LogP contribution in [0, 0.1) is 0 Å². The average Bonchev–Trinajstić information content (AvgIpc) is 3.04. The van der Waals surface area contributed by atoms with Crippen molar-refractivity contribution in [1.29, 1.82) is 0 Å². The van der Waals surface area contributed by atoms with Crippen LogP contribution in [0.2, 0.25) is 0 Å². The molecule has 0 spiro atoms. The predicted molar refractivity (Wildman–Crippen MR) is 76.3 cm³/mol. The Kier molecular flexibility index (Phi) is 3.82. The van der Waals surface area contributed by atoms with Gasteiger partial charge < -0.3 is 9.42 Å². The normalized spacial score (nSPS) is 15.1. The van der Waals surface area contributed by atoms with Crippen LogP contribution in [0.25, 0.3) is 11.4 Å². The van der Waals surface area contributed by atoms with Crippen molar-refractivity contribution in [1.82, 2.24) is 15.0 Å². The highest BCUT2D eigenvalue weighted by Crippen LogP contribution is 2.24. The van der Waals surface area contributed by atoms with Gasteiger partial charge in [-0.25, -0.2) is 0 Å². The zero-order valence-corrected chi connectivity index (χ0v) is 12.2. The Morgan fingerprint density at radius 1 is 1.55 bits per heavy atom. The number of carbonyl (C=O) groups excluding carboxylic acids is 1. The summed E-state index contributed by atoms with van der Waals surface area (Å²) in [5, 5.41) is 7.89. The van der Waals surface area contributed by atoms with Crippen LogP contribution < -0.4 is 0 Å². The number of rotatable bonds is 5. The van der Waals surface area contributed by atoms with E-state index in [-0.39, 0.29) is 5.91 Å². The predicted octanol–water partition coefficient (Wildman–Crippen LogP) is 2.74. The molecule has 2 heterocycles. The Morgan fingerprint density at radius 3 is 3.05 bits per heavy atom. The zero-order chi connectivity index (χ0) is 13.9. The maximum Gasteiger partial charge on any atom is 0.227 e. The van der Waals surface area contributed by atoms with Crippen molar-refractivity contribution >= 4 is 17.2 Å². The molecule has 0 unspecified atom stereocenters. The number of nitrogens with zero attached hydrogens (tertiary/aromatic N) is 3. The van der Waals surface area contributed by atoms with Crippen molar-refractivity contribution in [2.45, 2.75) is 38.1 Å². The largest absolute Gasteiger partial charge is 0.343 e. The van der Waals surface area contributed by atoms with E-state index in [0.29, 0.717) is 30.6 Å². The van der Waals surface area contributed by atoms with E-state index in [4.69, 9.17) is 4.52 Å². The van der Waals surface area contributed by atoms with E-state index in [0.717, 1.165) is 18.4 Å². The highest BCUT2D eigenvalue weighted by molar-refractivity contribution is 7.08. The molecule has 106 valence electrons. The molecule has 0 aliphatic heterocycles. The Balaban J connectivity index is 1.54. The van der Waals surface area contributed by atoms with Crippen molar-refractivity contribution in [2.24, 2.45) is 0 Å². The molecule has 6 heteroatoms. The summed E-state index contributed by atoms with van der Waals surface area (Å²) in [4.78, 5) is 18.2. The van der Waals surface area contributed by atoms with Gasteiger partial charge in [0.2, 0.25) is 17.6 Å². The number of thiophene rings is 1. The first-order valence-corrected chi connectivity index (χ1v) is 7.79. The molecular weight excluding hydrogens is 274 g/mol. The highest BCUT2D eigenvalue weighted by atomic mass is 32.1. The van der Waals surface area contributed by atoms with Crippen LogP contribution in [0.1, 0.15) is 31.6 Å². The number of hydrogen-bond donors (Lipinski definition) is 0. The smallest absolute Gasteiger partial charge is 0.227 e. The van der Waals surface area contributed by atoms with Crippen molar-refractivity contribution in [3.05, 3.63) is 22.7 Å². The first-order chi connectivity index (χ1) is 9.74. The monoisotopic (exact) mass is 291 g/mol. The van der Waals surface area contributed by atoms with Gasteiger partial charge in [0.1, 0.15) is 0 Å². The van der Waals surface area contributed by atoms with Crippen molar-refractivity contribution in [3.63, 3.8) is 0 Å². The van der Waals surface area contributed by atoms with Gasteiger partial charge in [0.05, 0.1) is 0 Å². The lowest BCUT2D eigenvalue weighted by atomic mass is 9.91. The Morgan fingerprint density at radius 2 is 2.40 bits per heavy atom. The van der Waals surface area contributed by atoms with Crippen LogP contribution >= 0.6 is 11.3 Å². The second-order valence-electron chi connectivity index (χ2n) is 5.11. The second-order valence-corrected chi connectivity index (χ2v) is 5.89. The van der Waals surface area contributed by atoms with Crippen molar-refractivity contribution in [2.75, 3.05) is 7.05 Å². The van der Waals surface area contributed by atoms with Gasteiger partial charge in [0.15, 0.2) is 0 Å². The molecule has 5 nitrogen and oxygen atoms in total. The van der Waals surface area contributed by atoms with Gasteiger partial charge >= 0.3 is 0 Å². The van der Waals surface area contributed by atoms with Crippen LogP contribution in [-0.2, 0) is 11.2 Å². The number of amides is 1. The Labute approximate surface area is 121 Å². The molecule has 0 N–H and O–H groups in total. The van der Waals surface area contributed by atoms with E-state index in [1.165, 1.54) is 6.42 Å². The molecule has 0 radical (unpaired) electrons. The van der Waals surface area contributed by atoms with Gasteiger partial charge in [-0.2, -0.15) is 16.3 Å². The van der Waals surface area contributed by atoms with Crippen LogP contribution in [0.4, 0.5) is 0 Å². The van der Waals surface area contributed by atoms with Crippen LogP contribution in [0.5, 0.6) is 0 Å². The molecular formula is C14H17N3O2S. The number of aromatic nitrogens is 2. The molecule has 1 aliphatic rings. The van der Waals surface area contributed by atoms with Crippen LogP contribution in [0.15, 0.2) is 21.3 Å². The minimum atomic E-state index is 0.157. The highest BCUT2D eigenvalue weighted by Gasteiger charge is 2.25. The fourth-order valence-electron chi connectivity index (χ4n) is 2.23.